The fourth-order valence-electron chi connectivity index (χ4n) is 2.74. The van der Waals surface area contributed by atoms with Crippen molar-refractivity contribution in [1.82, 2.24) is 0 Å². The lowest BCUT2D eigenvalue weighted by molar-refractivity contribution is -0.117. The van der Waals surface area contributed by atoms with E-state index in [9.17, 15) is 4.79 Å². The molecule has 0 aliphatic carbocycles. The number of hydrogen-bond donors (Lipinski definition) is 1. The molecule has 1 atom stereocenters. The minimum absolute atomic E-state index is 0.0662. The number of ether oxygens (including phenoxy) is 1. The summed E-state index contributed by atoms with van der Waals surface area (Å²) in [6, 6.07) is 13.9. The van der Waals surface area contributed by atoms with E-state index in [1.54, 1.807) is 7.11 Å². The minimum atomic E-state index is -0.138. The lowest BCUT2D eigenvalue weighted by atomic mass is 9.92. The highest BCUT2D eigenvalue weighted by Crippen LogP contribution is 2.36. The van der Waals surface area contributed by atoms with Gasteiger partial charge in [0.1, 0.15) is 5.75 Å². The maximum Gasteiger partial charge on any atom is 0.232 e. The smallest absolute Gasteiger partial charge is 0.232 e. The van der Waals surface area contributed by atoms with Crippen LogP contribution in [0, 0.1) is 6.92 Å². The average Bonchev–Trinajstić information content (AvgIpc) is 2.76. The number of carbonyl (C=O) groups excluding carboxylic acids is 1. The van der Waals surface area contributed by atoms with Crippen molar-refractivity contribution in [2.75, 3.05) is 12.4 Å². The standard InChI is InChI=1S/C17H17NO2/c1-11-7-8-15-13(9-11)14(17(19)18-15)10-12-5-3-4-6-16(12)20-2/h3-9,14H,10H2,1-2H3,(H,18,19). The van der Waals surface area contributed by atoms with E-state index in [1.807, 2.05) is 43.3 Å². The summed E-state index contributed by atoms with van der Waals surface area (Å²) in [5, 5.41) is 2.95. The Labute approximate surface area is 118 Å². The number of nitrogens with one attached hydrogen (secondary N) is 1. The Morgan fingerprint density at radius 1 is 1.20 bits per heavy atom. The predicted molar refractivity (Wildman–Crippen MR) is 79.2 cm³/mol. The summed E-state index contributed by atoms with van der Waals surface area (Å²) in [4.78, 5) is 12.2. The molecule has 0 spiro atoms. The van der Waals surface area contributed by atoms with Crippen LogP contribution in [0.4, 0.5) is 5.69 Å². The van der Waals surface area contributed by atoms with Gasteiger partial charge in [-0.3, -0.25) is 4.79 Å². The SMILES string of the molecule is COc1ccccc1CC1C(=O)Nc2ccc(C)cc21. The largest absolute Gasteiger partial charge is 0.496 e. The third-order valence-corrected chi connectivity index (χ3v) is 3.77. The second-order valence-electron chi connectivity index (χ2n) is 5.15. The number of hydrogen-bond acceptors (Lipinski definition) is 2. The molecule has 0 radical (unpaired) electrons. The summed E-state index contributed by atoms with van der Waals surface area (Å²) in [5.41, 5.74) is 4.25. The van der Waals surface area contributed by atoms with Crippen molar-refractivity contribution in [1.29, 1.82) is 0 Å². The van der Waals surface area contributed by atoms with Crippen molar-refractivity contribution >= 4 is 11.6 Å². The van der Waals surface area contributed by atoms with E-state index in [2.05, 4.69) is 11.4 Å². The zero-order valence-electron chi connectivity index (χ0n) is 11.6. The molecule has 1 unspecified atom stereocenters. The Hall–Kier alpha value is -2.29. The number of fused-ring (bicyclic) bond motifs is 1. The van der Waals surface area contributed by atoms with Crippen LogP contribution in [0.1, 0.15) is 22.6 Å². The molecule has 0 fully saturated rings. The van der Waals surface area contributed by atoms with Crippen LogP contribution in [0.25, 0.3) is 0 Å². The van der Waals surface area contributed by atoms with Crippen LogP contribution < -0.4 is 10.1 Å². The van der Waals surface area contributed by atoms with Crippen LogP contribution in [0.5, 0.6) is 5.75 Å². The van der Waals surface area contributed by atoms with Gasteiger partial charge in [0.05, 0.1) is 13.0 Å². The number of benzene rings is 2. The first-order valence-corrected chi connectivity index (χ1v) is 6.72. The van der Waals surface area contributed by atoms with Crippen molar-refractivity contribution in [2.45, 2.75) is 19.3 Å². The van der Waals surface area contributed by atoms with E-state index in [0.717, 1.165) is 22.6 Å². The number of carbonyl (C=O) groups is 1. The highest BCUT2D eigenvalue weighted by Gasteiger charge is 2.31. The third kappa shape index (κ3) is 2.16. The molecule has 1 heterocycles. The highest BCUT2D eigenvalue weighted by atomic mass is 16.5. The monoisotopic (exact) mass is 267 g/mol. The zero-order chi connectivity index (χ0) is 14.1. The molecule has 2 aromatic carbocycles. The van der Waals surface area contributed by atoms with Crippen molar-refractivity contribution in [2.24, 2.45) is 0 Å². The second kappa shape index (κ2) is 5.00. The molecule has 0 saturated carbocycles. The molecule has 2 aromatic rings. The lowest BCUT2D eigenvalue weighted by Gasteiger charge is -2.12. The van der Waals surface area contributed by atoms with E-state index in [0.29, 0.717) is 6.42 Å². The molecule has 0 bridgehead atoms. The molecule has 1 aliphatic heterocycles. The van der Waals surface area contributed by atoms with Gasteiger partial charge in [-0.15, -0.1) is 0 Å². The Balaban J connectivity index is 1.96. The summed E-state index contributed by atoms with van der Waals surface area (Å²) in [6.07, 6.45) is 0.659. The molecule has 0 aromatic heterocycles. The van der Waals surface area contributed by atoms with Gasteiger partial charge >= 0.3 is 0 Å². The maximum atomic E-state index is 12.2. The average molecular weight is 267 g/mol. The number of methoxy groups -OCH3 is 1. The quantitative estimate of drug-likeness (QED) is 0.926. The molecule has 0 saturated heterocycles. The van der Waals surface area contributed by atoms with Crippen LogP contribution in [0.15, 0.2) is 42.5 Å². The number of aryl methyl sites for hydroxylation is 1. The van der Waals surface area contributed by atoms with Gasteiger partial charge in [0, 0.05) is 5.69 Å². The molecule has 20 heavy (non-hydrogen) atoms. The van der Waals surface area contributed by atoms with Gasteiger partial charge in [-0.1, -0.05) is 35.9 Å². The Bertz CT molecular complexity index is 664. The Morgan fingerprint density at radius 3 is 2.80 bits per heavy atom. The molecule has 1 N–H and O–H groups in total. The minimum Gasteiger partial charge on any atom is -0.496 e. The van der Waals surface area contributed by atoms with Crippen molar-refractivity contribution in [3.63, 3.8) is 0 Å². The van der Waals surface area contributed by atoms with Crippen molar-refractivity contribution in [3.05, 3.63) is 59.2 Å². The van der Waals surface area contributed by atoms with Crippen LogP contribution >= 0.6 is 0 Å². The Morgan fingerprint density at radius 2 is 2.00 bits per heavy atom. The van der Waals surface area contributed by atoms with Crippen molar-refractivity contribution < 1.29 is 9.53 Å². The van der Waals surface area contributed by atoms with Gasteiger partial charge in [-0.25, -0.2) is 0 Å². The first kappa shape index (κ1) is 12.7. The molecule has 1 aliphatic rings. The van der Waals surface area contributed by atoms with Gasteiger partial charge in [0.25, 0.3) is 0 Å². The van der Waals surface area contributed by atoms with E-state index in [-0.39, 0.29) is 11.8 Å². The number of rotatable bonds is 3. The van der Waals surface area contributed by atoms with Gasteiger partial charge in [-0.2, -0.15) is 0 Å². The normalized spacial score (nSPS) is 16.7. The van der Waals surface area contributed by atoms with Crippen LogP contribution in [0.2, 0.25) is 0 Å². The first-order chi connectivity index (χ1) is 9.69. The number of para-hydroxylation sites is 1. The lowest BCUT2D eigenvalue weighted by Crippen LogP contribution is -2.14. The molecular weight excluding hydrogens is 250 g/mol. The summed E-state index contributed by atoms with van der Waals surface area (Å²) >= 11 is 0. The van der Waals surface area contributed by atoms with Crippen LogP contribution in [-0.2, 0) is 11.2 Å². The number of amides is 1. The van der Waals surface area contributed by atoms with E-state index in [1.165, 1.54) is 5.56 Å². The topological polar surface area (TPSA) is 38.3 Å². The molecule has 102 valence electrons. The predicted octanol–water partition coefficient (Wildman–Crippen LogP) is 3.28. The fourth-order valence-corrected chi connectivity index (χ4v) is 2.74. The van der Waals surface area contributed by atoms with Gasteiger partial charge in [0.2, 0.25) is 5.91 Å². The van der Waals surface area contributed by atoms with Crippen LogP contribution in [0.3, 0.4) is 0 Å². The zero-order valence-corrected chi connectivity index (χ0v) is 11.6. The van der Waals surface area contributed by atoms with E-state index >= 15 is 0 Å². The summed E-state index contributed by atoms with van der Waals surface area (Å²) < 4.78 is 5.37. The van der Waals surface area contributed by atoms with Gasteiger partial charge < -0.3 is 10.1 Å². The molecule has 3 heteroatoms. The van der Waals surface area contributed by atoms with Gasteiger partial charge in [-0.05, 0) is 36.6 Å². The molecule has 3 nitrogen and oxygen atoms in total. The first-order valence-electron chi connectivity index (χ1n) is 6.72. The summed E-state index contributed by atoms with van der Waals surface area (Å²) in [6.45, 7) is 2.04. The fraction of sp³-hybridized carbons (Fsp3) is 0.235. The maximum absolute atomic E-state index is 12.2. The summed E-state index contributed by atoms with van der Waals surface area (Å²) in [7, 11) is 1.66. The Kier molecular flexibility index (Phi) is 3.18. The molecule has 3 rings (SSSR count). The van der Waals surface area contributed by atoms with Crippen molar-refractivity contribution in [3.8, 4) is 5.75 Å². The van der Waals surface area contributed by atoms with Crippen LogP contribution in [-0.4, -0.2) is 13.0 Å². The van der Waals surface area contributed by atoms with Gasteiger partial charge in [0.15, 0.2) is 0 Å². The second-order valence-corrected chi connectivity index (χ2v) is 5.15. The third-order valence-electron chi connectivity index (χ3n) is 3.77. The molecule has 1 amide bonds. The summed E-state index contributed by atoms with van der Waals surface area (Å²) in [5.74, 6) is 0.763. The highest BCUT2D eigenvalue weighted by molar-refractivity contribution is 6.03. The molecular formula is C17H17NO2. The van der Waals surface area contributed by atoms with E-state index in [4.69, 9.17) is 4.74 Å². The number of anilines is 1. The van der Waals surface area contributed by atoms with E-state index < -0.39 is 0 Å².